The van der Waals surface area contributed by atoms with Gasteiger partial charge in [0, 0.05) is 17.7 Å². The van der Waals surface area contributed by atoms with Gasteiger partial charge in [-0.1, -0.05) is 11.6 Å². The molecule has 0 unspecified atom stereocenters. The average Bonchev–Trinajstić information content (AvgIpc) is 2.55. The minimum Gasteiger partial charge on any atom is -0.269 e. The van der Waals surface area contributed by atoms with E-state index in [9.17, 15) is 18.0 Å². The Morgan fingerprint density at radius 2 is 1.84 bits per heavy atom. The van der Waals surface area contributed by atoms with E-state index in [1.54, 1.807) is 6.92 Å². The van der Waals surface area contributed by atoms with Gasteiger partial charge in [-0.25, -0.2) is 19.5 Å². The summed E-state index contributed by atoms with van der Waals surface area (Å²) in [6.45, 7) is 1.68. The van der Waals surface area contributed by atoms with Crippen LogP contribution in [0.15, 0.2) is 23.3 Å². The molecule has 0 N–H and O–H groups in total. The highest BCUT2D eigenvalue weighted by Crippen LogP contribution is 2.42. The van der Waals surface area contributed by atoms with E-state index in [0.29, 0.717) is 24.4 Å². The molecule has 5 nitrogen and oxygen atoms in total. The number of halogens is 4. The topological polar surface area (TPSA) is 60.7 Å². The molecule has 0 aromatic carbocycles. The molecule has 2 aromatic heterocycles. The molecule has 0 spiro atoms. The third-order valence-electron chi connectivity index (χ3n) is 4.46. The van der Waals surface area contributed by atoms with Crippen LogP contribution in [0.3, 0.4) is 0 Å². The van der Waals surface area contributed by atoms with Crippen molar-refractivity contribution in [2.45, 2.75) is 44.7 Å². The Morgan fingerprint density at radius 1 is 1.16 bits per heavy atom. The van der Waals surface area contributed by atoms with Crippen LogP contribution in [0.2, 0.25) is 5.15 Å². The Kier molecular flexibility index (Phi) is 4.81. The van der Waals surface area contributed by atoms with Crippen molar-refractivity contribution in [2.75, 3.05) is 0 Å². The summed E-state index contributed by atoms with van der Waals surface area (Å²) in [5.41, 5.74) is 0.188. The van der Waals surface area contributed by atoms with Crippen LogP contribution in [-0.2, 0) is 0 Å². The summed E-state index contributed by atoms with van der Waals surface area (Å²) in [7, 11) is 0. The molecule has 25 heavy (non-hydrogen) atoms. The highest BCUT2D eigenvalue weighted by Gasteiger charge is 2.42. The fourth-order valence-corrected chi connectivity index (χ4v) is 3.32. The summed E-state index contributed by atoms with van der Waals surface area (Å²) in [6, 6.07) is 1.36. The van der Waals surface area contributed by atoms with Gasteiger partial charge in [-0.2, -0.15) is 13.2 Å². The fraction of sp³-hybridized carbons (Fsp3) is 0.500. The van der Waals surface area contributed by atoms with Crippen molar-refractivity contribution in [2.24, 2.45) is 5.92 Å². The van der Waals surface area contributed by atoms with Gasteiger partial charge in [0.2, 0.25) is 0 Å². The summed E-state index contributed by atoms with van der Waals surface area (Å²) >= 11 is 5.73. The van der Waals surface area contributed by atoms with Crippen molar-refractivity contribution in [1.82, 2.24) is 19.5 Å². The first-order chi connectivity index (χ1) is 11.8. The zero-order valence-electron chi connectivity index (χ0n) is 13.4. The first-order valence-electron chi connectivity index (χ1n) is 7.91. The molecule has 1 saturated carbocycles. The SMILES string of the molecule is Cc1cc(=O)n(-c2cnc(Cl)cn2)c(C2CCC(C(F)(F)F)CC2)n1. The van der Waals surface area contributed by atoms with Crippen LogP contribution >= 0.6 is 11.6 Å². The van der Waals surface area contributed by atoms with Crippen LogP contribution in [0.25, 0.3) is 5.82 Å². The molecule has 1 fully saturated rings. The number of hydrogen-bond donors (Lipinski definition) is 0. The molecule has 0 bridgehead atoms. The van der Waals surface area contributed by atoms with Crippen molar-refractivity contribution in [1.29, 1.82) is 0 Å². The summed E-state index contributed by atoms with van der Waals surface area (Å²) in [4.78, 5) is 24.9. The quantitative estimate of drug-likeness (QED) is 0.804. The molecular weight excluding hydrogens is 357 g/mol. The van der Waals surface area contributed by atoms with E-state index in [2.05, 4.69) is 15.0 Å². The molecule has 2 aromatic rings. The van der Waals surface area contributed by atoms with Gasteiger partial charge in [0.15, 0.2) is 5.82 Å². The molecule has 134 valence electrons. The van der Waals surface area contributed by atoms with Crippen LogP contribution in [0.5, 0.6) is 0 Å². The monoisotopic (exact) mass is 372 g/mol. The van der Waals surface area contributed by atoms with Gasteiger partial charge in [-0.05, 0) is 32.6 Å². The van der Waals surface area contributed by atoms with Crippen molar-refractivity contribution >= 4 is 11.6 Å². The van der Waals surface area contributed by atoms with E-state index in [1.165, 1.54) is 23.0 Å². The predicted molar refractivity (Wildman–Crippen MR) is 85.9 cm³/mol. The number of rotatable bonds is 2. The zero-order valence-corrected chi connectivity index (χ0v) is 14.2. The van der Waals surface area contributed by atoms with Crippen molar-refractivity contribution in [3.05, 3.63) is 45.5 Å². The van der Waals surface area contributed by atoms with Crippen molar-refractivity contribution < 1.29 is 13.2 Å². The largest absolute Gasteiger partial charge is 0.391 e. The molecule has 1 aliphatic carbocycles. The van der Waals surface area contributed by atoms with Gasteiger partial charge < -0.3 is 0 Å². The number of alkyl halides is 3. The van der Waals surface area contributed by atoms with Gasteiger partial charge in [0.05, 0.1) is 18.3 Å². The van der Waals surface area contributed by atoms with Crippen LogP contribution in [-0.4, -0.2) is 25.7 Å². The lowest BCUT2D eigenvalue weighted by Gasteiger charge is -2.30. The second-order valence-corrected chi connectivity index (χ2v) is 6.60. The normalized spacial score (nSPS) is 21.3. The zero-order chi connectivity index (χ0) is 18.2. The Hall–Kier alpha value is -1.96. The van der Waals surface area contributed by atoms with Crippen molar-refractivity contribution in [3.63, 3.8) is 0 Å². The minimum atomic E-state index is -4.17. The molecule has 0 amide bonds. The molecule has 0 atom stereocenters. The molecule has 3 rings (SSSR count). The van der Waals surface area contributed by atoms with Crippen LogP contribution < -0.4 is 5.56 Å². The smallest absolute Gasteiger partial charge is 0.269 e. The molecular formula is C16H16ClF3N4O. The lowest BCUT2D eigenvalue weighted by Crippen LogP contribution is -2.31. The van der Waals surface area contributed by atoms with Crippen molar-refractivity contribution in [3.8, 4) is 5.82 Å². The van der Waals surface area contributed by atoms with Crippen LogP contribution in [0.1, 0.15) is 43.1 Å². The summed E-state index contributed by atoms with van der Waals surface area (Å²) in [6.07, 6.45) is -0.803. The van der Waals surface area contributed by atoms with Gasteiger partial charge in [-0.3, -0.25) is 4.79 Å². The van der Waals surface area contributed by atoms with E-state index < -0.39 is 12.1 Å². The standard InChI is InChI=1S/C16H16ClF3N4O/c1-9-6-14(25)24(13-8-21-12(17)7-22-13)15(23-9)10-2-4-11(5-3-10)16(18,19)20/h6-8,10-11H,2-5H2,1H3. The lowest BCUT2D eigenvalue weighted by molar-refractivity contribution is -0.182. The lowest BCUT2D eigenvalue weighted by atomic mass is 9.81. The minimum absolute atomic E-state index is 0.0320. The maximum Gasteiger partial charge on any atom is 0.391 e. The molecule has 9 heteroatoms. The average molecular weight is 373 g/mol. The highest BCUT2D eigenvalue weighted by molar-refractivity contribution is 6.29. The Labute approximate surface area is 146 Å². The number of nitrogens with zero attached hydrogens (tertiary/aromatic N) is 4. The second kappa shape index (κ2) is 6.74. The maximum absolute atomic E-state index is 12.9. The van der Waals surface area contributed by atoms with E-state index in [0.717, 1.165) is 0 Å². The number of aryl methyl sites for hydroxylation is 1. The van der Waals surface area contributed by atoms with E-state index in [4.69, 9.17) is 11.6 Å². The Balaban J connectivity index is 1.97. The summed E-state index contributed by atoms with van der Waals surface area (Å²) < 4.78 is 40.0. The highest BCUT2D eigenvalue weighted by atomic mass is 35.5. The van der Waals surface area contributed by atoms with Gasteiger partial charge in [-0.15, -0.1) is 0 Å². The molecule has 0 radical (unpaired) electrons. The molecule has 1 aliphatic rings. The fourth-order valence-electron chi connectivity index (χ4n) is 3.22. The third kappa shape index (κ3) is 3.84. The first kappa shape index (κ1) is 17.8. The van der Waals surface area contributed by atoms with Crippen LogP contribution in [0.4, 0.5) is 13.2 Å². The molecule has 0 aliphatic heterocycles. The van der Waals surface area contributed by atoms with Crippen LogP contribution in [0, 0.1) is 12.8 Å². The van der Waals surface area contributed by atoms with E-state index >= 15 is 0 Å². The van der Waals surface area contributed by atoms with E-state index in [1.807, 2.05) is 0 Å². The summed E-state index contributed by atoms with van der Waals surface area (Å²) in [5.74, 6) is -0.829. The number of hydrogen-bond acceptors (Lipinski definition) is 4. The third-order valence-corrected chi connectivity index (χ3v) is 4.66. The molecule has 2 heterocycles. The summed E-state index contributed by atoms with van der Waals surface area (Å²) in [5, 5.41) is 0.184. The second-order valence-electron chi connectivity index (χ2n) is 6.22. The molecule has 0 saturated heterocycles. The predicted octanol–water partition coefficient (Wildman–Crippen LogP) is 3.82. The maximum atomic E-state index is 12.9. The number of aromatic nitrogens is 4. The Morgan fingerprint density at radius 3 is 2.40 bits per heavy atom. The Bertz CT molecular complexity index is 812. The van der Waals surface area contributed by atoms with Gasteiger partial charge in [0.25, 0.3) is 5.56 Å². The van der Waals surface area contributed by atoms with E-state index in [-0.39, 0.29) is 35.3 Å². The first-order valence-corrected chi connectivity index (χ1v) is 8.28. The van der Waals surface area contributed by atoms with Gasteiger partial charge >= 0.3 is 6.18 Å². The van der Waals surface area contributed by atoms with Gasteiger partial charge in [0.1, 0.15) is 11.0 Å².